The molecule has 1 aliphatic rings. The lowest BCUT2D eigenvalue weighted by Gasteiger charge is -2.14. The maximum absolute atomic E-state index is 15.0. The monoisotopic (exact) mass is 498 g/mol. The molecule has 1 fully saturated rings. The Morgan fingerprint density at radius 2 is 2.00 bits per heavy atom. The van der Waals surface area contributed by atoms with Gasteiger partial charge in [0.15, 0.2) is 0 Å². The molecule has 1 aromatic heterocycles. The Morgan fingerprint density at radius 3 is 2.72 bits per heavy atom. The van der Waals surface area contributed by atoms with Crippen LogP contribution in [0.4, 0.5) is 19.3 Å². The number of hydrogen-bond acceptors (Lipinski definition) is 6. The molecule has 3 aromatic rings. The third kappa shape index (κ3) is 6.42. The molecule has 4 rings (SSSR count). The summed E-state index contributed by atoms with van der Waals surface area (Å²) in [5.74, 6) is -0.615. The first-order valence-electron chi connectivity index (χ1n) is 11.7. The van der Waals surface area contributed by atoms with Crippen LogP contribution in [-0.4, -0.2) is 52.9 Å². The molecule has 0 bridgehead atoms. The number of alkyl halides is 1. The number of aromatic nitrogens is 3. The van der Waals surface area contributed by atoms with Gasteiger partial charge in [0.1, 0.15) is 17.6 Å². The maximum atomic E-state index is 15.0. The van der Waals surface area contributed by atoms with Crippen LogP contribution >= 0.6 is 0 Å². The number of carbonyl (C=O) groups excluding carboxylic acids is 2. The second-order valence-electron chi connectivity index (χ2n) is 8.54. The van der Waals surface area contributed by atoms with E-state index in [-0.39, 0.29) is 32.2 Å². The van der Waals surface area contributed by atoms with Crippen LogP contribution in [-0.2, 0) is 29.2 Å². The zero-order valence-corrected chi connectivity index (χ0v) is 19.9. The van der Waals surface area contributed by atoms with E-state index in [1.807, 2.05) is 24.3 Å². The van der Waals surface area contributed by atoms with Crippen molar-refractivity contribution in [3.63, 3.8) is 0 Å². The molecule has 0 radical (unpaired) electrons. The quantitative estimate of drug-likeness (QED) is 0.394. The van der Waals surface area contributed by atoms with Crippen molar-refractivity contribution in [2.24, 2.45) is 0 Å². The normalized spacial score (nSPS) is 15.2. The van der Waals surface area contributed by atoms with Gasteiger partial charge in [0.2, 0.25) is 5.91 Å². The highest BCUT2D eigenvalue weighted by Crippen LogP contribution is 2.29. The van der Waals surface area contributed by atoms with E-state index in [9.17, 15) is 14.0 Å². The van der Waals surface area contributed by atoms with Crippen LogP contribution in [0.3, 0.4) is 0 Å². The van der Waals surface area contributed by atoms with Crippen molar-refractivity contribution in [1.82, 2.24) is 25.6 Å². The smallest absolute Gasteiger partial charge is 0.414 e. The van der Waals surface area contributed by atoms with Crippen LogP contribution in [0.25, 0.3) is 11.1 Å². The standard InChI is InChI=1S/C25H28F2N6O3/c1-17(34)29-13-20-14-32(31-30-20)15-22-16-33(25(35)36-22)21-7-8-23(24(27)11-21)19-5-3-18(4-6-19)12-28-10-2-9-26/h3-8,11,14,22,28H,2,9-10,12-13,15-16H2,1H3,(H,29,34). The highest BCUT2D eigenvalue weighted by molar-refractivity contribution is 5.90. The van der Waals surface area contributed by atoms with E-state index in [0.29, 0.717) is 36.5 Å². The molecule has 2 aromatic carbocycles. The van der Waals surface area contributed by atoms with E-state index in [0.717, 1.165) is 11.1 Å². The summed E-state index contributed by atoms with van der Waals surface area (Å²) < 4.78 is 34.2. The summed E-state index contributed by atoms with van der Waals surface area (Å²) in [4.78, 5) is 24.9. The third-order valence-electron chi connectivity index (χ3n) is 5.71. The zero-order chi connectivity index (χ0) is 25.5. The minimum atomic E-state index is -0.560. The molecule has 1 aliphatic heterocycles. The summed E-state index contributed by atoms with van der Waals surface area (Å²) in [6.07, 6.45) is 1.10. The van der Waals surface area contributed by atoms with Gasteiger partial charge in [-0.1, -0.05) is 29.5 Å². The molecule has 36 heavy (non-hydrogen) atoms. The Kier molecular flexibility index (Phi) is 8.21. The molecule has 1 saturated heterocycles. The lowest BCUT2D eigenvalue weighted by Crippen LogP contribution is -2.26. The molecule has 2 heterocycles. The molecular weight excluding hydrogens is 470 g/mol. The topological polar surface area (TPSA) is 101 Å². The van der Waals surface area contributed by atoms with E-state index >= 15 is 4.39 Å². The van der Waals surface area contributed by atoms with Gasteiger partial charge in [-0.2, -0.15) is 0 Å². The van der Waals surface area contributed by atoms with Crippen molar-refractivity contribution in [3.8, 4) is 11.1 Å². The Labute approximate surface area is 207 Å². The first-order chi connectivity index (χ1) is 17.4. The van der Waals surface area contributed by atoms with Crippen LogP contribution < -0.4 is 15.5 Å². The minimum absolute atomic E-state index is 0.168. The maximum Gasteiger partial charge on any atom is 0.414 e. The molecular formula is C25H28F2N6O3. The van der Waals surface area contributed by atoms with Crippen molar-refractivity contribution in [3.05, 3.63) is 65.7 Å². The van der Waals surface area contributed by atoms with E-state index in [2.05, 4.69) is 20.9 Å². The highest BCUT2D eigenvalue weighted by Gasteiger charge is 2.33. The first-order valence-corrected chi connectivity index (χ1v) is 11.7. The van der Waals surface area contributed by atoms with Crippen molar-refractivity contribution < 1.29 is 23.1 Å². The molecule has 190 valence electrons. The van der Waals surface area contributed by atoms with E-state index in [1.54, 1.807) is 23.0 Å². The fourth-order valence-corrected chi connectivity index (χ4v) is 3.89. The van der Waals surface area contributed by atoms with E-state index in [1.165, 1.54) is 17.9 Å². The fourth-order valence-electron chi connectivity index (χ4n) is 3.89. The van der Waals surface area contributed by atoms with Gasteiger partial charge < -0.3 is 15.4 Å². The van der Waals surface area contributed by atoms with Crippen molar-refractivity contribution >= 4 is 17.7 Å². The van der Waals surface area contributed by atoms with Gasteiger partial charge in [0.05, 0.1) is 38.2 Å². The van der Waals surface area contributed by atoms with Gasteiger partial charge >= 0.3 is 6.09 Å². The van der Waals surface area contributed by atoms with Gasteiger partial charge in [0, 0.05) is 19.0 Å². The number of carbonyl (C=O) groups is 2. The molecule has 2 N–H and O–H groups in total. The van der Waals surface area contributed by atoms with E-state index in [4.69, 9.17) is 4.74 Å². The average molecular weight is 499 g/mol. The van der Waals surface area contributed by atoms with Crippen LogP contribution in [0.15, 0.2) is 48.7 Å². The Morgan fingerprint density at radius 1 is 1.19 bits per heavy atom. The molecule has 0 saturated carbocycles. The lowest BCUT2D eigenvalue weighted by molar-refractivity contribution is -0.119. The van der Waals surface area contributed by atoms with Crippen molar-refractivity contribution in [1.29, 1.82) is 0 Å². The molecule has 0 aliphatic carbocycles. The van der Waals surface area contributed by atoms with Gasteiger partial charge in [-0.25, -0.2) is 13.9 Å². The van der Waals surface area contributed by atoms with Crippen LogP contribution in [0.1, 0.15) is 24.6 Å². The van der Waals surface area contributed by atoms with Crippen molar-refractivity contribution in [2.75, 3.05) is 24.7 Å². The number of hydrogen-bond donors (Lipinski definition) is 2. The highest BCUT2D eigenvalue weighted by atomic mass is 19.1. The van der Waals surface area contributed by atoms with Gasteiger partial charge in [-0.05, 0) is 42.3 Å². The molecule has 1 atom stereocenters. The van der Waals surface area contributed by atoms with E-state index < -0.39 is 18.0 Å². The summed E-state index contributed by atoms with van der Waals surface area (Å²) in [6, 6.07) is 12.1. The summed E-state index contributed by atoms with van der Waals surface area (Å²) in [5.41, 5.74) is 3.16. The third-order valence-corrected chi connectivity index (χ3v) is 5.71. The largest absolute Gasteiger partial charge is 0.442 e. The number of ether oxygens (including phenoxy) is 1. The first kappa shape index (κ1) is 25.2. The lowest BCUT2D eigenvalue weighted by atomic mass is 10.0. The summed E-state index contributed by atoms with van der Waals surface area (Å²) >= 11 is 0. The molecule has 11 heteroatoms. The number of anilines is 1. The number of cyclic esters (lactones) is 1. The second kappa shape index (κ2) is 11.7. The molecule has 9 nitrogen and oxygen atoms in total. The number of nitrogens with one attached hydrogen (secondary N) is 2. The molecule has 1 unspecified atom stereocenters. The summed E-state index contributed by atoms with van der Waals surface area (Å²) in [6.45, 7) is 3.07. The predicted octanol–water partition coefficient (Wildman–Crippen LogP) is 3.19. The fraction of sp³-hybridized carbons (Fsp3) is 0.360. The average Bonchev–Trinajstić information content (AvgIpc) is 3.47. The van der Waals surface area contributed by atoms with Crippen LogP contribution in [0.5, 0.6) is 0 Å². The Hall–Kier alpha value is -3.86. The number of amides is 2. The Balaban J connectivity index is 1.36. The SMILES string of the molecule is CC(=O)NCc1cn(CC2CN(c3ccc(-c4ccc(CNCCCF)cc4)c(F)c3)C(=O)O2)nn1. The van der Waals surface area contributed by atoms with Gasteiger partial charge in [-0.15, -0.1) is 5.10 Å². The zero-order valence-electron chi connectivity index (χ0n) is 19.9. The molecule has 0 spiro atoms. The number of rotatable bonds is 11. The van der Waals surface area contributed by atoms with Gasteiger partial charge in [0.25, 0.3) is 0 Å². The minimum Gasteiger partial charge on any atom is -0.442 e. The van der Waals surface area contributed by atoms with Crippen LogP contribution in [0.2, 0.25) is 0 Å². The number of nitrogens with zero attached hydrogens (tertiary/aromatic N) is 4. The Bertz CT molecular complexity index is 1200. The van der Waals surface area contributed by atoms with Crippen LogP contribution in [0, 0.1) is 5.82 Å². The number of benzene rings is 2. The van der Waals surface area contributed by atoms with Crippen molar-refractivity contribution in [2.45, 2.75) is 39.1 Å². The second-order valence-corrected chi connectivity index (χ2v) is 8.54. The van der Waals surface area contributed by atoms with Gasteiger partial charge in [-0.3, -0.25) is 14.1 Å². The molecule has 2 amide bonds. The summed E-state index contributed by atoms with van der Waals surface area (Å²) in [7, 11) is 0. The summed E-state index contributed by atoms with van der Waals surface area (Å²) in [5, 5.41) is 13.8. The predicted molar refractivity (Wildman–Crippen MR) is 129 cm³/mol. The number of halogens is 2.